The van der Waals surface area contributed by atoms with E-state index in [9.17, 15) is 19.2 Å². The average molecular weight is 688 g/mol. The Morgan fingerprint density at radius 1 is 0.878 bits per heavy atom. The molecule has 0 radical (unpaired) electrons. The quantitative estimate of drug-likeness (QED) is 0.229. The van der Waals surface area contributed by atoms with Gasteiger partial charge in [0.25, 0.3) is 0 Å². The van der Waals surface area contributed by atoms with Crippen LogP contribution in [0.5, 0.6) is 0 Å². The Kier molecular flexibility index (Phi) is 17.2. The van der Waals surface area contributed by atoms with E-state index < -0.39 is 18.2 Å². The number of methoxy groups -OCH3 is 2. The van der Waals surface area contributed by atoms with Crippen LogP contribution in [0.25, 0.3) is 0 Å². The first-order valence-electron chi connectivity index (χ1n) is 17.9. The lowest BCUT2D eigenvalue weighted by Gasteiger charge is -2.39. The van der Waals surface area contributed by atoms with Crippen LogP contribution in [0.3, 0.4) is 0 Å². The number of ether oxygens (including phenoxy) is 2. The summed E-state index contributed by atoms with van der Waals surface area (Å²) in [6.45, 7) is 15.3. The van der Waals surface area contributed by atoms with Crippen molar-refractivity contribution >= 4 is 23.6 Å². The van der Waals surface area contributed by atoms with Gasteiger partial charge in [-0.2, -0.15) is 0 Å². The van der Waals surface area contributed by atoms with Crippen LogP contribution in [-0.2, 0) is 35.1 Å². The van der Waals surface area contributed by atoms with Gasteiger partial charge in [-0.05, 0) is 50.3 Å². The minimum Gasteiger partial charge on any atom is -0.380 e. The molecule has 0 spiro atoms. The number of amides is 4. The van der Waals surface area contributed by atoms with Crippen molar-refractivity contribution in [3.63, 3.8) is 0 Å². The van der Waals surface area contributed by atoms with Gasteiger partial charge in [0, 0.05) is 46.8 Å². The number of nitrogens with zero attached hydrogens (tertiary/aromatic N) is 3. The molecule has 2 N–H and O–H groups in total. The van der Waals surface area contributed by atoms with E-state index in [1.807, 2.05) is 103 Å². The van der Waals surface area contributed by atoms with E-state index in [2.05, 4.69) is 10.6 Å². The van der Waals surface area contributed by atoms with E-state index in [1.54, 1.807) is 26.2 Å². The van der Waals surface area contributed by atoms with Crippen LogP contribution < -0.4 is 10.6 Å². The average Bonchev–Trinajstić information content (AvgIpc) is 3.53. The molecule has 1 heterocycles. The topological polar surface area (TPSA) is 121 Å². The maximum absolute atomic E-state index is 14.0. The molecule has 0 unspecified atom stereocenters. The summed E-state index contributed by atoms with van der Waals surface area (Å²) in [4.78, 5) is 59.4. The van der Waals surface area contributed by atoms with Crippen molar-refractivity contribution in [3.05, 3.63) is 35.9 Å². The van der Waals surface area contributed by atoms with Gasteiger partial charge in [0.1, 0.15) is 6.04 Å². The molecule has 11 nitrogen and oxygen atoms in total. The van der Waals surface area contributed by atoms with Gasteiger partial charge in [-0.25, -0.2) is 0 Å². The van der Waals surface area contributed by atoms with Crippen molar-refractivity contribution in [2.75, 3.05) is 55.0 Å². The fraction of sp³-hybridized carbons (Fsp3) is 0.737. The minimum absolute atomic E-state index is 0.0159. The zero-order chi connectivity index (χ0) is 37.0. The summed E-state index contributed by atoms with van der Waals surface area (Å²) in [6, 6.07) is 8.54. The predicted molar refractivity (Wildman–Crippen MR) is 194 cm³/mol. The zero-order valence-corrected chi connectivity index (χ0v) is 32.2. The van der Waals surface area contributed by atoms with Gasteiger partial charge >= 0.3 is 0 Å². The molecule has 1 aliphatic rings. The van der Waals surface area contributed by atoms with Gasteiger partial charge in [-0.1, -0.05) is 78.8 Å². The molecular weight excluding hydrogens is 622 g/mol. The Hall–Kier alpha value is -3.02. The number of carbonyl (C=O) groups is 4. The number of benzene rings is 1. The van der Waals surface area contributed by atoms with E-state index >= 15 is 0 Å². The molecule has 1 fully saturated rings. The summed E-state index contributed by atoms with van der Waals surface area (Å²) in [5, 5.41) is 6.07. The van der Waals surface area contributed by atoms with Gasteiger partial charge < -0.3 is 29.9 Å². The summed E-state index contributed by atoms with van der Waals surface area (Å²) < 4.78 is 11.8. The highest BCUT2D eigenvalue weighted by Gasteiger charge is 2.41. The molecule has 0 aromatic heterocycles. The molecule has 1 aliphatic heterocycles. The van der Waals surface area contributed by atoms with Crippen molar-refractivity contribution < 1.29 is 28.7 Å². The molecule has 1 aromatic carbocycles. The highest BCUT2D eigenvalue weighted by atomic mass is 16.5. The number of carbonyl (C=O) groups excluding carboxylic acids is 4. The van der Waals surface area contributed by atoms with Gasteiger partial charge in [0.15, 0.2) is 0 Å². The van der Waals surface area contributed by atoms with E-state index in [1.165, 1.54) is 5.56 Å². The van der Waals surface area contributed by atoms with Crippen LogP contribution in [0, 0.1) is 29.6 Å². The molecule has 1 aromatic rings. The normalized spacial score (nSPS) is 18.7. The maximum Gasteiger partial charge on any atom is 0.245 e. The third-order valence-electron chi connectivity index (χ3n) is 10.0. The Morgan fingerprint density at radius 3 is 2.02 bits per heavy atom. The third kappa shape index (κ3) is 11.8. The van der Waals surface area contributed by atoms with Crippen molar-refractivity contribution in [2.24, 2.45) is 29.6 Å². The van der Waals surface area contributed by atoms with E-state index in [0.29, 0.717) is 19.6 Å². The van der Waals surface area contributed by atoms with Gasteiger partial charge in [0.05, 0.1) is 36.6 Å². The van der Waals surface area contributed by atoms with Gasteiger partial charge in [0.2, 0.25) is 23.6 Å². The number of nitrogens with one attached hydrogen (secondary N) is 2. The van der Waals surface area contributed by atoms with E-state index in [-0.39, 0.29) is 71.8 Å². The van der Waals surface area contributed by atoms with Gasteiger partial charge in [-0.15, -0.1) is 0 Å². The smallest absolute Gasteiger partial charge is 0.245 e. The van der Waals surface area contributed by atoms with Crippen molar-refractivity contribution in [1.82, 2.24) is 25.3 Å². The molecule has 278 valence electrons. The SMILES string of the molecule is CO[C@@H]([C@@H]1CCN(C(=O)C[C@@H](OC)[C@H](C(C)C)N(C)C(=O)[C@@H](NC(=O)[C@H](C(C)C)N(C)C)C(C)C)C1)[C@@H](C)C(=O)NCCc1ccccc1. The number of hydrogen-bond acceptors (Lipinski definition) is 7. The second-order valence-electron chi connectivity index (χ2n) is 14.9. The number of hydrogen-bond donors (Lipinski definition) is 2. The first kappa shape index (κ1) is 42.1. The molecule has 49 heavy (non-hydrogen) atoms. The first-order chi connectivity index (χ1) is 23.0. The lowest BCUT2D eigenvalue weighted by atomic mass is 9.90. The summed E-state index contributed by atoms with van der Waals surface area (Å²) in [7, 11) is 8.66. The first-order valence-corrected chi connectivity index (χ1v) is 17.9. The largest absolute Gasteiger partial charge is 0.380 e. The molecule has 0 saturated carbocycles. The second kappa shape index (κ2) is 20.0. The molecule has 7 atom stereocenters. The van der Waals surface area contributed by atoms with Crippen molar-refractivity contribution in [3.8, 4) is 0 Å². The molecule has 0 aliphatic carbocycles. The van der Waals surface area contributed by atoms with Crippen LogP contribution in [-0.4, -0.2) is 124 Å². The summed E-state index contributed by atoms with van der Waals surface area (Å²) in [5.74, 6) is -0.971. The van der Waals surface area contributed by atoms with Crippen LogP contribution in [0.1, 0.15) is 66.9 Å². The second-order valence-corrected chi connectivity index (χ2v) is 14.9. The zero-order valence-electron chi connectivity index (χ0n) is 32.2. The highest BCUT2D eigenvalue weighted by Crippen LogP contribution is 2.28. The van der Waals surface area contributed by atoms with Crippen molar-refractivity contribution in [2.45, 2.75) is 98.1 Å². The van der Waals surface area contributed by atoms with E-state index in [0.717, 1.165) is 12.8 Å². The molecule has 0 bridgehead atoms. The number of rotatable bonds is 19. The Labute approximate surface area is 295 Å². The fourth-order valence-electron chi connectivity index (χ4n) is 7.39. The lowest BCUT2D eigenvalue weighted by Crippen LogP contribution is -2.59. The molecule has 11 heteroatoms. The summed E-state index contributed by atoms with van der Waals surface area (Å²) in [5.41, 5.74) is 1.17. The number of likely N-dealkylation sites (tertiary alicyclic amines) is 1. The maximum atomic E-state index is 14.0. The molecule has 1 saturated heterocycles. The third-order valence-corrected chi connectivity index (χ3v) is 10.0. The number of likely N-dealkylation sites (N-methyl/N-ethyl adjacent to an activating group) is 2. The molecule has 2 rings (SSSR count). The van der Waals surface area contributed by atoms with E-state index in [4.69, 9.17) is 9.47 Å². The monoisotopic (exact) mass is 687 g/mol. The van der Waals surface area contributed by atoms with Crippen LogP contribution in [0.4, 0.5) is 0 Å². The highest BCUT2D eigenvalue weighted by molar-refractivity contribution is 5.90. The Morgan fingerprint density at radius 2 is 1.51 bits per heavy atom. The molecular formula is C38H65N5O6. The van der Waals surface area contributed by atoms with Crippen LogP contribution >= 0.6 is 0 Å². The lowest BCUT2D eigenvalue weighted by molar-refractivity contribution is -0.145. The van der Waals surface area contributed by atoms with Crippen LogP contribution in [0.2, 0.25) is 0 Å². The standard InChI is InChI=1S/C38H65N5O6/c1-24(2)32(40-37(46)34(26(5)6)41(8)9)38(47)42(10)33(25(3)4)30(48-11)22-31(44)43-21-19-29(23-43)35(49-12)27(7)36(45)39-20-18-28-16-14-13-15-17-28/h13-17,24-27,29-30,32-35H,18-23H2,1-12H3,(H,39,45)(H,40,46)/t27-,29-,30-,32+,33+,34+,35-/m1/s1. The summed E-state index contributed by atoms with van der Waals surface area (Å²) >= 11 is 0. The Balaban J connectivity index is 2.08. The van der Waals surface area contributed by atoms with Crippen LogP contribution in [0.15, 0.2) is 30.3 Å². The fourth-order valence-corrected chi connectivity index (χ4v) is 7.39. The van der Waals surface area contributed by atoms with Crippen molar-refractivity contribution in [1.29, 1.82) is 0 Å². The van der Waals surface area contributed by atoms with Gasteiger partial charge in [-0.3, -0.25) is 24.1 Å². The summed E-state index contributed by atoms with van der Waals surface area (Å²) in [6.07, 6.45) is 0.706. The molecule has 4 amide bonds. The predicted octanol–water partition coefficient (Wildman–Crippen LogP) is 3.46. The minimum atomic E-state index is -0.726. The Bertz CT molecular complexity index is 1180.